The Bertz CT molecular complexity index is 321. The van der Waals surface area contributed by atoms with Crippen molar-refractivity contribution in [1.82, 2.24) is 4.98 Å². The van der Waals surface area contributed by atoms with Crippen LogP contribution in [-0.4, -0.2) is 17.6 Å². The quantitative estimate of drug-likeness (QED) is 0.857. The summed E-state index contributed by atoms with van der Waals surface area (Å²) in [4.78, 5) is 8.10. The highest BCUT2D eigenvalue weighted by Gasteiger charge is 2.28. The van der Waals surface area contributed by atoms with Crippen LogP contribution in [-0.2, 0) is 6.54 Å². The second kappa shape index (κ2) is 4.49. The summed E-state index contributed by atoms with van der Waals surface area (Å²) < 4.78 is 0. The molecule has 1 atom stereocenters. The van der Waals surface area contributed by atoms with Gasteiger partial charge in [0.15, 0.2) is 5.13 Å². The third-order valence-corrected chi connectivity index (χ3v) is 4.11. The van der Waals surface area contributed by atoms with Crippen LogP contribution in [0.1, 0.15) is 31.6 Å². The van der Waals surface area contributed by atoms with E-state index in [9.17, 15) is 0 Å². The molecule has 2 rings (SSSR count). The van der Waals surface area contributed by atoms with Crippen molar-refractivity contribution in [2.24, 2.45) is 11.7 Å². The van der Waals surface area contributed by atoms with E-state index in [1.165, 1.54) is 17.7 Å². The Hall–Kier alpha value is -0.610. The zero-order valence-electron chi connectivity index (χ0n) is 9.44. The monoisotopic (exact) mass is 225 g/mol. The lowest BCUT2D eigenvalue weighted by Crippen LogP contribution is -2.33. The number of hydrogen-bond acceptors (Lipinski definition) is 4. The number of nitrogens with zero attached hydrogens (tertiary/aromatic N) is 2. The van der Waals surface area contributed by atoms with Gasteiger partial charge in [-0.3, -0.25) is 0 Å². The molecule has 1 saturated heterocycles. The fraction of sp³-hybridized carbons (Fsp3) is 0.727. The molecule has 0 amide bonds. The summed E-state index contributed by atoms with van der Waals surface area (Å²) in [5.74, 6) is 0.706. The SMILES string of the molecule is CC(C)C1CCCN1c1ncc(CN)s1. The summed E-state index contributed by atoms with van der Waals surface area (Å²) in [6, 6.07) is 0.668. The zero-order valence-corrected chi connectivity index (χ0v) is 10.3. The average Bonchev–Trinajstić information content (AvgIpc) is 2.85. The fourth-order valence-electron chi connectivity index (χ4n) is 2.25. The summed E-state index contributed by atoms with van der Waals surface area (Å²) in [6.07, 6.45) is 4.51. The molecular weight excluding hydrogens is 206 g/mol. The molecule has 3 nitrogen and oxygen atoms in total. The Morgan fingerprint density at radius 1 is 1.67 bits per heavy atom. The summed E-state index contributed by atoms with van der Waals surface area (Å²) in [7, 11) is 0. The maximum atomic E-state index is 5.61. The minimum absolute atomic E-state index is 0.609. The summed E-state index contributed by atoms with van der Waals surface area (Å²) >= 11 is 1.74. The van der Waals surface area contributed by atoms with Gasteiger partial charge < -0.3 is 10.6 Å². The summed E-state index contributed by atoms with van der Waals surface area (Å²) in [5.41, 5.74) is 5.61. The molecule has 4 heteroatoms. The van der Waals surface area contributed by atoms with Crippen molar-refractivity contribution < 1.29 is 0 Å². The van der Waals surface area contributed by atoms with E-state index >= 15 is 0 Å². The van der Waals surface area contributed by atoms with Gasteiger partial charge in [0.1, 0.15) is 0 Å². The van der Waals surface area contributed by atoms with Gasteiger partial charge >= 0.3 is 0 Å². The average molecular weight is 225 g/mol. The molecule has 1 aromatic heterocycles. The van der Waals surface area contributed by atoms with Crippen molar-refractivity contribution in [2.45, 2.75) is 39.3 Å². The first-order chi connectivity index (χ1) is 7.22. The van der Waals surface area contributed by atoms with E-state index in [1.807, 2.05) is 6.20 Å². The molecule has 0 aliphatic carbocycles. The van der Waals surface area contributed by atoms with Gasteiger partial charge in [0.2, 0.25) is 0 Å². The Morgan fingerprint density at radius 2 is 2.47 bits per heavy atom. The summed E-state index contributed by atoms with van der Waals surface area (Å²) in [6.45, 7) is 6.35. The van der Waals surface area contributed by atoms with Crippen LogP contribution in [0.5, 0.6) is 0 Å². The van der Waals surface area contributed by atoms with Gasteiger partial charge in [-0.2, -0.15) is 0 Å². The number of nitrogens with two attached hydrogens (primary N) is 1. The van der Waals surface area contributed by atoms with Crippen LogP contribution in [0.4, 0.5) is 5.13 Å². The van der Waals surface area contributed by atoms with E-state index < -0.39 is 0 Å². The van der Waals surface area contributed by atoms with Crippen molar-refractivity contribution in [3.05, 3.63) is 11.1 Å². The van der Waals surface area contributed by atoms with Gasteiger partial charge in [0, 0.05) is 30.2 Å². The molecule has 1 unspecified atom stereocenters. The predicted molar refractivity (Wildman–Crippen MR) is 65.2 cm³/mol. The van der Waals surface area contributed by atoms with Crippen LogP contribution < -0.4 is 10.6 Å². The van der Waals surface area contributed by atoms with E-state index in [1.54, 1.807) is 11.3 Å². The lowest BCUT2D eigenvalue weighted by Gasteiger charge is -2.27. The Kier molecular flexibility index (Phi) is 3.26. The van der Waals surface area contributed by atoms with Crippen molar-refractivity contribution in [1.29, 1.82) is 0 Å². The number of thiazole rings is 1. The van der Waals surface area contributed by atoms with Gasteiger partial charge in [-0.25, -0.2) is 4.98 Å². The van der Waals surface area contributed by atoms with E-state index in [0.29, 0.717) is 18.5 Å². The molecule has 1 fully saturated rings. The van der Waals surface area contributed by atoms with Gasteiger partial charge in [-0.1, -0.05) is 13.8 Å². The van der Waals surface area contributed by atoms with Gasteiger partial charge in [0.05, 0.1) is 0 Å². The number of hydrogen-bond donors (Lipinski definition) is 1. The first kappa shape index (κ1) is 10.9. The molecule has 1 aromatic rings. The molecular formula is C11H19N3S. The van der Waals surface area contributed by atoms with Crippen LogP contribution in [0.3, 0.4) is 0 Å². The number of rotatable bonds is 3. The van der Waals surface area contributed by atoms with Crippen LogP contribution in [0.25, 0.3) is 0 Å². The minimum atomic E-state index is 0.609. The molecule has 0 aromatic carbocycles. The van der Waals surface area contributed by atoms with Crippen molar-refractivity contribution in [3.8, 4) is 0 Å². The van der Waals surface area contributed by atoms with Gasteiger partial charge in [-0.15, -0.1) is 11.3 Å². The lowest BCUT2D eigenvalue weighted by atomic mass is 10.0. The molecule has 2 N–H and O–H groups in total. The lowest BCUT2D eigenvalue weighted by molar-refractivity contribution is 0.491. The van der Waals surface area contributed by atoms with E-state index in [4.69, 9.17) is 5.73 Å². The normalized spacial score (nSPS) is 21.6. The molecule has 0 bridgehead atoms. The topological polar surface area (TPSA) is 42.2 Å². The van der Waals surface area contributed by atoms with Crippen molar-refractivity contribution >= 4 is 16.5 Å². The van der Waals surface area contributed by atoms with E-state index in [0.717, 1.165) is 11.7 Å². The van der Waals surface area contributed by atoms with E-state index in [2.05, 4.69) is 23.7 Å². The minimum Gasteiger partial charge on any atom is -0.345 e. The van der Waals surface area contributed by atoms with Crippen LogP contribution in [0.2, 0.25) is 0 Å². The molecule has 0 saturated carbocycles. The molecule has 0 radical (unpaired) electrons. The molecule has 1 aliphatic rings. The van der Waals surface area contributed by atoms with Crippen molar-refractivity contribution in [2.75, 3.05) is 11.4 Å². The largest absolute Gasteiger partial charge is 0.345 e. The molecule has 84 valence electrons. The third kappa shape index (κ3) is 2.16. The second-order valence-electron chi connectivity index (χ2n) is 4.46. The number of aromatic nitrogens is 1. The maximum absolute atomic E-state index is 5.61. The standard InChI is InChI=1S/C11H19N3S/c1-8(2)10-4-3-5-14(10)11-13-7-9(6-12)15-11/h7-8,10H,3-6,12H2,1-2H3. The Labute approximate surface area is 95.3 Å². The second-order valence-corrected chi connectivity index (χ2v) is 5.55. The third-order valence-electron chi connectivity index (χ3n) is 3.06. The van der Waals surface area contributed by atoms with E-state index in [-0.39, 0.29) is 0 Å². The van der Waals surface area contributed by atoms with Gasteiger partial charge in [-0.05, 0) is 18.8 Å². The highest BCUT2D eigenvalue weighted by molar-refractivity contribution is 7.15. The first-order valence-corrected chi connectivity index (χ1v) is 6.45. The smallest absolute Gasteiger partial charge is 0.185 e. The first-order valence-electron chi connectivity index (χ1n) is 5.63. The van der Waals surface area contributed by atoms with Gasteiger partial charge in [0.25, 0.3) is 0 Å². The highest BCUT2D eigenvalue weighted by Crippen LogP contribution is 2.32. The molecule has 2 heterocycles. The van der Waals surface area contributed by atoms with Crippen molar-refractivity contribution in [3.63, 3.8) is 0 Å². The fourth-order valence-corrected chi connectivity index (χ4v) is 3.12. The van der Waals surface area contributed by atoms with Crippen LogP contribution in [0, 0.1) is 5.92 Å². The summed E-state index contributed by atoms with van der Waals surface area (Å²) in [5, 5.41) is 1.16. The zero-order chi connectivity index (χ0) is 10.8. The molecule has 1 aliphatic heterocycles. The van der Waals surface area contributed by atoms with Crippen LogP contribution in [0.15, 0.2) is 6.20 Å². The highest BCUT2D eigenvalue weighted by atomic mass is 32.1. The number of anilines is 1. The van der Waals surface area contributed by atoms with Crippen LogP contribution >= 0.6 is 11.3 Å². The molecule has 15 heavy (non-hydrogen) atoms. The maximum Gasteiger partial charge on any atom is 0.185 e. The predicted octanol–water partition coefficient (Wildman–Crippen LogP) is 2.23. The Balaban J connectivity index is 2.15. The molecule has 0 spiro atoms. The Morgan fingerprint density at radius 3 is 3.07 bits per heavy atom.